The van der Waals surface area contributed by atoms with E-state index < -0.39 is 0 Å². The Labute approximate surface area is 107 Å². The second-order valence-electron chi connectivity index (χ2n) is 4.49. The molecule has 0 bridgehead atoms. The second-order valence-corrected chi connectivity index (χ2v) is 4.49. The number of anilines is 1. The molecule has 1 N–H and O–H groups in total. The summed E-state index contributed by atoms with van der Waals surface area (Å²) in [4.78, 5) is 18.1. The maximum atomic E-state index is 12.1. The van der Waals surface area contributed by atoms with Crippen molar-refractivity contribution in [2.75, 3.05) is 25.5 Å². The molecule has 2 rings (SSSR count). The van der Waals surface area contributed by atoms with E-state index in [4.69, 9.17) is 4.74 Å². The van der Waals surface area contributed by atoms with Crippen molar-refractivity contribution >= 4 is 11.6 Å². The molecule has 1 unspecified atom stereocenters. The Morgan fingerprint density at radius 1 is 1.50 bits per heavy atom. The van der Waals surface area contributed by atoms with E-state index in [1.807, 2.05) is 17.9 Å². The lowest BCUT2D eigenvalue weighted by atomic mass is 10.2. The Morgan fingerprint density at radius 2 is 2.22 bits per heavy atom. The van der Waals surface area contributed by atoms with Crippen LogP contribution in [0.1, 0.15) is 19.8 Å². The molecule has 1 aliphatic rings. The zero-order chi connectivity index (χ0) is 13.0. The minimum atomic E-state index is -0.227. The molecule has 0 aliphatic carbocycles. The highest BCUT2D eigenvalue weighted by atomic mass is 16.5. The van der Waals surface area contributed by atoms with Crippen LogP contribution in [0, 0.1) is 0 Å². The van der Waals surface area contributed by atoms with Gasteiger partial charge in [-0.15, -0.1) is 0 Å². The lowest BCUT2D eigenvalue weighted by Gasteiger charge is -2.21. The predicted molar refractivity (Wildman–Crippen MR) is 69.7 cm³/mol. The first kappa shape index (κ1) is 12.7. The Hall–Kier alpha value is -1.78. The largest absolute Gasteiger partial charge is 0.481 e. The van der Waals surface area contributed by atoms with E-state index in [0.717, 1.165) is 31.6 Å². The van der Waals surface area contributed by atoms with Gasteiger partial charge in [0.2, 0.25) is 11.8 Å². The molecule has 1 amide bonds. The number of ether oxygens (including phenoxy) is 1. The summed E-state index contributed by atoms with van der Waals surface area (Å²) in [5.41, 5.74) is 0.849. The SMILES string of the molecule is COc1cc(NC(C)C(=O)N2CCCC2)ccn1. The van der Waals surface area contributed by atoms with Gasteiger partial charge in [0, 0.05) is 31.0 Å². The van der Waals surface area contributed by atoms with Gasteiger partial charge in [-0.1, -0.05) is 0 Å². The number of hydrogen-bond donors (Lipinski definition) is 1. The third-order valence-corrected chi connectivity index (χ3v) is 3.12. The molecule has 1 aromatic heterocycles. The molecule has 1 aliphatic heterocycles. The van der Waals surface area contributed by atoms with Gasteiger partial charge in [-0.3, -0.25) is 4.79 Å². The Balaban J connectivity index is 1.97. The Bertz CT molecular complexity index is 416. The fraction of sp³-hybridized carbons (Fsp3) is 0.538. The normalized spacial score (nSPS) is 16.4. The highest BCUT2D eigenvalue weighted by molar-refractivity contribution is 5.84. The van der Waals surface area contributed by atoms with Crippen molar-refractivity contribution in [3.63, 3.8) is 0 Å². The first-order chi connectivity index (χ1) is 8.70. The molecule has 2 heterocycles. The van der Waals surface area contributed by atoms with E-state index in [1.165, 1.54) is 0 Å². The number of methoxy groups -OCH3 is 1. The number of hydrogen-bond acceptors (Lipinski definition) is 4. The van der Waals surface area contributed by atoms with Gasteiger partial charge in [0.15, 0.2) is 0 Å². The van der Waals surface area contributed by atoms with Gasteiger partial charge in [-0.2, -0.15) is 0 Å². The lowest BCUT2D eigenvalue weighted by Crippen LogP contribution is -2.39. The van der Waals surface area contributed by atoms with Crippen LogP contribution in [0.25, 0.3) is 0 Å². The van der Waals surface area contributed by atoms with E-state index in [0.29, 0.717) is 5.88 Å². The van der Waals surface area contributed by atoms with Crippen LogP contribution >= 0.6 is 0 Å². The number of nitrogens with one attached hydrogen (secondary N) is 1. The zero-order valence-electron chi connectivity index (χ0n) is 10.8. The summed E-state index contributed by atoms with van der Waals surface area (Å²) in [6.07, 6.45) is 3.89. The molecular weight excluding hydrogens is 230 g/mol. The first-order valence-corrected chi connectivity index (χ1v) is 6.26. The number of nitrogens with zero attached hydrogens (tertiary/aromatic N) is 2. The average molecular weight is 249 g/mol. The molecule has 5 nitrogen and oxygen atoms in total. The van der Waals surface area contributed by atoms with E-state index in [-0.39, 0.29) is 11.9 Å². The third-order valence-electron chi connectivity index (χ3n) is 3.12. The fourth-order valence-electron chi connectivity index (χ4n) is 2.13. The number of carbonyl (C=O) groups is 1. The van der Waals surface area contributed by atoms with Crippen molar-refractivity contribution in [3.05, 3.63) is 18.3 Å². The molecule has 1 fully saturated rings. The van der Waals surface area contributed by atoms with Crippen LogP contribution in [0.3, 0.4) is 0 Å². The molecule has 0 saturated carbocycles. The minimum Gasteiger partial charge on any atom is -0.481 e. The molecule has 1 saturated heterocycles. The molecule has 0 aromatic carbocycles. The highest BCUT2D eigenvalue weighted by Crippen LogP contribution is 2.16. The first-order valence-electron chi connectivity index (χ1n) is 6.26. The number of amides is 1. The summed E-state index contributed by atoms with van der Waals surface area (Å²) in [7, 11) is 1.57. The van der Waals surface area contributed by atoms with Crippen LogP contribution < -0.4 is 10.1 Å². The van der Waals surface area contributed by atoms with Gasteiger partial charge in [0.05, 0.1) is 7.11 Å². The average Bonchev–Trinajstić information content (AvgIpc) is 2.92. The van der Waals surface area contributed by atoms with E-state index in [1.54, 1.807) is 19.4 Å². The second kappa shape index (κ2) is 5.71. The van der Waals surface area contributed by atoms with Gasteiger partial charge >= 0.3 is 0 Å². The van der Waals surface area contributed by atoms with Crippen molar-refractivity contribution in [2.24, 2.45) is 0 Å². The third kappa shape index (κ3) is 2.91. The van der Waals surface area contributed by atoms with Crippen molar-refractivity contribution in [3.8, 4) is 5.88 Å². The van der Waals surface area contributed by atoms with Crippen LogP contribution in [0.4, 0.5) is 5.69 Å². The van der Waals surface area contributed by atoms with Crippen LogP contribution in [0.5, 0.6) is 5.88 Å². The molecule has 98 valence electrons. The topological polar surface area (TPSA) is 54.5 Å². The molecule has 18 heavy (non-hydrogen) atoms. The van der Waals surface area contributed by atoms with E-state index in [9.17, 15) is 4.79 Å². The van der Waals surface area contributed by atoms with Crippen LogP contribution in [0.15, 0.2) is 18.3 Å². The summed E-state index contributed by atoms with van der Waals surface area (Å²) in [6, 6.07) is 3.39. The van der Waals surface area contributed by atoms with Gasteiger partial charge in [-0.05, 0) is 25.8 Å². The number of aromatic nitrogens is 1. The zero-order valence-corrected chi connectivity index (χ0v) is 10.8. The molecular formula is C13H19N3O2. The molecule has 0 radical (unpaired) electrons. The van der Waals surface area contributed by atoms with Gasteiger partial charge in [0.1, 0.15) is 6.04 Å². The van der Waals surface area contributed by atoms with Gasteiger partial charge in [0.25, 0.3) is 0 Å². The van der Waals surface area contributed by atoms with Crippen LogP contribution in [-0.4, -0.2) is 42.0 Å². The van der Waals surface area contributed by atoms with Crippen LogP contribution in [-0.2, 0) is 4.79 Å². The molecule has 0 spiro atoms. The Morgan fingerprint density at radius 3 is 2.89 bits per heavy atom. The summed E-state index contributed by atoms with van der Waals surface area (Å²) in [6.45, 7) is 3.64. The standard InChI is InChI=1S/C13H19N3O2/c1-10(13(17)16-7-3-4-8-16)15-11-5-6-14-12(9-11)18-2/h5-6,9-10H,3-4,7-8H2,1-2H3,(H,14,15). The molecule has 1 aromatic rings. The smallest absolute Gasteiger partial charge is 0.244 e. The van der Waals surface area contributed by atoms with Gasteiger partial charge in [-0.25, -0.2) is 4.98 Å². The quantitative estimate of drug-likeness (QED) is 0.879. The summed E-state index contributed by atoms with van der Waals surface area (Å²) < 4.78 is 5.05. The Kier molecular flexibility index (Phi) is 4.02. The lowest BCUT2D eigenvalue weighted by molar-refractivity contribution is -0.130. The molecule has 1 atom stereocenters. The van der Waals surface area contributed by atoms with Crippen LogP contribution in [0.2, 0.25) is 0 Å². The monoisotopic (exact) mass is 249 g/mol. The maximum Gasteiger partial charge on any atom is 0.244 e. The number of likely N-dealkylation sites (tertiary alicyclic amines) is 1. The van der Waals surface area contributed by atoms with Crippen molar-refractivity contribution in [2.45, 2.75) is 25.8 Å². The van der Waals surface area contributed by atoms with Crippen molar-refractivity contribution in [1.29, 1.82) is 0 Å². The summed E-state index contributed by atoms with van der Waals surface area (Å²) >= 11 is 0. The summed E-state index contributed by atoms with van der Waals surface area (Å²) in [5, 5.41) is 3.18. The number of pyridine rings is 1. The summed E-state index contributed by atoms with van der Waals surface area (Å²) in [5.74, 6) is 0.698. The highest BCUT2D eigenvalue weighted by Gasteiger charge is 2.22. The number of carbonyl (C=O) groups excluding carboxylic acids is 1. The predicted octanol–water partition coefficient (Wildman–Crippen LogP) is 1.51. The maximum absolute atomic E-state index is 12.1. The van der Waals surface area contributed by atoms with Gasteiger partial charge < -0.3 is 15.0 Å². The van der Waals surface area contributed by atoms with E-state index >= 15 is 0 Å². The fourth-order valence-corrected chi connectivity index (χ4v) is 2.13. The van der Waals surface area contributed by atoms with Crippen molar-refractivity contribution < 1.29 is 9.53 Å². The van der Waals surface area contributed by atoms with E-state index in [2.05, 4.69) is 10.3 Å². The number of rotatable bonds is 4. The minimum absolute atomic E-state index is 0.156. The molecule has 5 heteroatoms. The van der Waals surface area contributed by atoms with Crippen molar-refractivity contribution in [1.82, 2.24) is 9.88 Å².